The first kappa shape index (κ1) is 18.2. The van der Waals surface area contributed by atoms with Gasteiger partial charge >= 0.3 is 6.18 Å². The Bertz CT molecular complexity index is 644. The molecule has 0 spiro atoms. The number of nitrogens with zero attached hydrogens (tertiary/aromatic N) is 1. The summed E-state index contributed by atoms with van der Waals surface area (Å²) in [5.74, 6) is -0.606. The van der Waals surface area contributed by atoms with Crippen LogP contribution < -0.4 is 5.73 Å². The van der Waals surface area contributed by atoms with Crippen LogP contribution in [0.15, 0.2) is 24.3 Å². The number of halogens is 3. The SMILES string of the molecule is CC(N)C1CCCN(S(=O)(=O)Cc2ccccc2C(F)(F)F)C1. The highest BCUT2D eigenvalue weighted by Gasteiger charge is 2.36. The minimum Gasteiger partial charge on any atom is -0.328 e. The second kappa shape index (κ2) is 6.78. The van der Waals surface area contributed by atoms with Crippen LogP contribution >= 0.6 is 0 Å². The van der Waals surface area contributed by atoms with E-state index in [0.717, 1.165) is 12.5 Å². The van der Waals surface area contributed by atoms with Crippen molar-refractivity contribution >= 4 is 10.0 Å². The molecule has 1 aliphatic heterocycles. The van der Waals surface area contributed by atoms with Crippen LogP contribution in [-0.2, 0) is 22.0 Å². The second-order valence-corrected chi connectivity index (χ2v) is 8.00. The summed E-state index contributed by atoms with van der Waals surface area (Å²) < 4.78 is 65.3. The summed E-state index contributed by atoms with van der Waals surface area (Å²) in [6.45, 7) is 2.42. The number of benzene rings is 1. The molecule has 0 aromatic heterocycles. The van der Waals surface area contributed by atoms with Crippen LogP contribution in [0, 0.1) is 5.92 Å². The first-order chi connectivity index (χ1) is 10.6. The van der Waals surface area contributed by atoms with E-state index in [2.05, 4.69) is 0 Å². The fourth-order valence-electron chi connectivity index (χ4n) is 2.87. The van der Waals surface area contributed by atoms with Crippen LogP contribution in [0.4, 0.5) is 13.2 Å². The van der Waals surface area contributed by atoms with Gasteiger partial charge in [-0.1, -0.05) is 18.2 Å². The van der Waals surface area contributed by atoms with Crippen LogP contribution in [0.25, 0.3) is 0 Å². The summed E-state index contributed by atoms with van der Waals surface area (Å²) in [6.07, 6.45) is -3.06. The van der Waals surface area contributed by atoms with Gasteiger partial charge in [-0.2, -0.15) is 13.2 Å². The lowest BCUT2D eigenvalue weighted by atomic mass is 9.93. The van der Waals surface area contributed by atoms with Gasteiger partial charge in [0, 0.05) is 19.1 Å². The molecule has 1 fully saturated rings. The third kappa shape index (κ3) is 4.45. The summed E-state index contributed by atoms with van der Waals surface area (Å²) in [6, 6.07) is 4.65. The van der Waals surface area contributed by atoms with Crippen molar-refractivity contribution in [1.29, 1.82) is 0 Å². The smallest absolute Gasteiger partial charge is 0.328 e. The molecule has 4 nitrogen and oxygen atoms in total. The zero-order valence-electron chi connectivity index (χ0n) is 12.9. The Morgan fingerprint density at radius 1 is 1.35 bits per heavy atom. The van der Waals surface area contributed by atoms with E-state index in [4.69, 9.17) is 5.73 Å². The van der Waals surface area contributed by atoms with Gasteiger partial charge in [0.05, 0.1) is 11.3 Å². The topological polar surface area (TPSA) is 63.4 Å². The molecule has 1 aromatic carbocycles. The summed E-state index contributed by atoms with van der Waals surface area (Å²) in [5, 5.41) is 0. The standard InChI is InChI=1S/C15H21F3N2O2S/c1-11(19)12-6-4-8-20(9-12)23(21,22)10-13-5-2-3-7-14(13)15(16,17)18/h2-3,5,7,11-12H,4,6,8-10,19H2,1H3. The molecule has 130 valence electrons. The van der Waals surface area contributed by atoms with Gasteiger partial charge in [-0.25, -0.2) is 12.7 Å². The van der Waals surface area contributed by atoms with Crippen molar-refractivity contribution in [2.45, 2.75) is 37.7 Å². The van der Waals surface area contributed by atoms with Crippen molar-refractivity contribution in [1.82, 2.24) is 4.31 Å². The Kier molecular flexibility index (Phi) is 5.37. The van der Waals surface area contributed by atoms with E-state index >= 15 is 0 Å². The van der Waals surface area contributed by atoms with Gasteiger partial charge in [-0.3, -0.25) is 0 Å². The summed E-state index contributed by atoms with van der Waals surface area (Å²) in [4.78, 5) is 0. The first-order valence-electron chi connectivity index (χ1n) is 7.50. The average Bonchev–Trinajstić information content (AvgIpc) is 2.46. The molecular weight excluding hydrogens is 329 g/mol. The van der Waals surface area contributed by atoms with Crippen LogP contribution in [0.5, 0.6) is 0 Å². The normalized spacial score (nSPS) is 22.0. The third-order valence-electron chi connectivity index (χ3n) is 4.22. The fraction of sp³-hybridized carbons (Fsp3) is 0.600. The Morgan fingerprint density at radius 2 is 2.00 bits per heavy atom. The Hall–Kier alpha value is -1.12. The molecule has 2 atom stereocenters. The lowest BCUT2D eigenvalue weighted by Gasteiger charge is -2.34. The maximum Gasteiger partial charge on any atom is 0.416 e. The monoisotopic (exact) mass is 350 g/mol. The number of rotatable bonds is 4. The summed E-state index contributed by atoms with van der Waals surface area (Å²) >= 11 is 0. The van der Waals surface area contributed by atoms with Gasteiger partial charge < -0.3 is 5.73 Å². The number of alkyl halides is 3. The third-order valence-corrected chi connectivity index (χ3v) is 6.01. The predicted octanol–water partition coefficient (Wildman–Crippen LogP) is 2.59. The van der Waals surface area contributed by atoms with Crippen molar-refractivity contribution in [2.24, 2.45) is 11.7 Å². The molecule has 0 bridgehead atoms. The minimum absolute atomic E-state index is 0.0383. The zero-order valence-corrected chi connectivity index (χ0v) is 13.7. The molecule has 1 aliphatic rings. The van der Waals surface area contributed by atoms with Crippen LogP contribution in [0.1, 0.15) is 30.9 Å². The van der Waals surface area contributed by atoms with Gasteiger partial charge in [0.2, 0.25) is 10.0 Å². The van der Waals surface area contributed by atoms with Gasteiger partial charge in [-0.05, 0) is 37.3 Å². The zero-order chi connectivity index (χ0) is 17.3. The highest BCUT2D eigenvalue weighted by Crippen LogP contribution is 2.33. The van der Waals surface area contributed by atoms with E-state index in [1.165, 1.54) is 22.5 Å². The molecule has 0 radical (unpaired) electrons. The van der Waals surface area contributed by atoms with Gasteiger partial charge in [0.1, 0.15) is 0 Å². The summed E-state index contributed by atoms with van der Waals surface area (Å²) in [7, 11) is -3.81. The quantitative estimate of drug-likeness (QED) is 0.908. The van der Waals surface area contributed by atoms with E-state index < -0.39 is 27.5 Å². The van der Waals surface area contributed by atoms with Crippen LogP contribution in [0.2, 0.25) is 0 Å². The largest absolute Gasteiger partial charge is 0.416 e. The molecule has 2 N–H and O–H groups in total. The molecule has 23 heavy (non-hydrogen) atoms. The number of hydrogen-bond acceptors (Lipinski definition) is 3. The molecule has 1 saturated heterocycles. The summed E-state index contributed by atoms with van der Waals surface area (Å²) in [5.41, 5.74) is 4.72. The maximum absolute atomic E-state index is 13.0. The second-order valence-electron chi connectivity index (χ2n) is 6.03. The van der Waals surface area contributed by atoms with E-state index in [-0.39, 0.29) is 24.1 Å². The Balaban J connectivity index is 2.22. The van der Waals surface area contributed by atoms with Gasteiger partial charge in [0.15, 0.2) is 0 Å². The predicted molar refractivity (Wildman–Crippen MR) is 82.0 cm³/mol. The highest BCUT2D eigenvalue weighted by atomic mass is 32.2. The van der Waals surface area contributed by atoms with Gasteiger partial charge in [0.25, 0.3) is 0 Å². The van der Waals surface area contributed by atoms with Crippen molar-refractivity contribution in [2.75, 3.05) is 13.1 Å². The van der Waals surface area contributed by atoms with Crippen molar-refractivity contribution in [3.63, 3.8) is 0 Å². The first-order valence-corrected chi connectivity index (χ1v) is 9.10. The molecule has 2 rings (SSSR count). The van der Waals surface area contributed by atoms with Crippen molar-refractivity contribution in [3.8, 4) is 0 Å². The van der Waals surface area contributed by atoms with E-state index in [1.807, 2.05) is 6.92 Å². The molecule has 2 unspecified atom stereocenters. The highest BCUT2D eigenvalue weighted by molar-refractivity contribution is 7.88. The number of hydrogen-bond donors (Lipinski definition) is 1. The number of nitrogens with two attached hydrogens (primary N) is 1. The van der Waals surface area contributed by atoms with Gasteiger partial charge in [-0.15, -0.1) is 0 Å². The van der Waals surface area contributed by atoms with E-state index in [9.17, 15) is 21.6 Å². The number of piperidine rings is 1. The van der Waals surface area contributed by atoms with Crippen molar-refractivity contribution in [3.05, 3.63) is 35.4 Å². The minimum atomic E-state index is -4.57. The molecule has 0 aliphatic carbocycles. The van der Waals surface area contributed by atoms with Crippen LogP contribution in [0.3, 0.4) is 0 Å². The lowest BCUT2D eigenvalue weighted by molar-refractivity contribution is -0.138. The fourth-order valence-corrected chi connectivity index (χ4v) is 4.52. The molecule has 0 amide bonds. The van der Waals surface area contributed by atoms with E-state index in [1.54, 1.807) is 0 Å². The van der Waals surface area contributed by atoms with Crippen molar-refractivity contribution < 1.29 is 21.6 Å². The average molecular weight is 350 g/mol. The lowest BCUT2D eigenvalue weighted by Crippen LogP contribution is -2.45. The Labute approximate surface area is 134 Å². The number of sulfonamides is 1. The van der Waals surface area contributed by atoms with E-state index in [0.29, 0.717) is 13.0 Å². The molecule has 1 heterocycles. The molecule has 8 heteroatoms. The van der Waals surface area contributed by atoms with Crippen LogP contribution in [-0.4, -0.2) is 31.9 Å². The molecule has 0 saturated carbocycles. The maximum atomic E-state index is 13.0. The molecular formula is C15H21F3N2O2S. The molecule has 1 aromatic rings. The Morgan fingerprint density at radius 3 is 2.61 bits per heavy atom.